The Morgan fingerprint density at radius 1 is 1.20 bits per heavy atom. The molecule has 1 unspecified atom stereocenters. The third kappa shape index (κ3) is 5.45. The average Bonchev–Trinajstić information content (AvgIpc) is 3.64. The third-order valence-corrected chi connectivity index (χ3v) is 9.21. The number of aromatic nitrogens is 1. The molecule has 1 fully saturated rings. The summed E-state index contributed by atoms with van der Waals surface area (Å²) >= 11 is 1.59. The van der Waals surface area contributed by atoms with Crippen LogP contribution in [0, 0.1) is 18.7 Å². The topological polar surface area (TPSA) is 90.8 Å². The fourth-order valence-electron chi connectivity index (χ4n) is 5.80. The van der Waals surface area contributed by atoms with Crippen LogP contribution in [0.15, 0.2) is 48.0 Å². The van der Waals surface area contributed by atoms with Gasteiger partial charge in [-0.3, -0.25) is 14.4 Å². The fraction of sp³-hybridized carbons (Fsp3) is 0.419. The van der Waals surface area contributed by atoms with E-state index in [2.05, 4.69) is 4.98 Å². The molecule has 2 amide bonds. The number of likely N-dealkylation sites (tertiary alicyclic amines) is 1. The van der Waals surface area contributed by atoms with Gasteiger partial charge in [0.25, 0.3) is 5.91 Å². The van der Waals surface area contributed by atoms with Gasteiger partial charge in [0.2, 0.25) is 5.91 Å². The molecule has 40 heavy (non-hydrogen) atoms. The van der Waals surface area contributed by atoms with Crippen LogP contribution in [-0.2, 0) is 22.6 Å². The number of carbonyl (C=O) groups excluding carboxylic acids is 3. The van der Waals surface area contributed by atoms with Crippen molar-refractivity contribution in [3.63, 3.8) is 0 Å². The minimum absolute atomic E-state index is 0.0503. The van der Waals surface area contributed by atoms with E-state index in [9.17, 15) is 23.9 Å². The lowest BCUT2D eigenvalue weighted by molar-refractivity contribution is -0.143. The average molecular weight is 564 g/mol. The van der Waals surface area contributed by atoms with E-state index in [-0.39, 0.29) is 55.0 Å². The van der Waals surface area contributed by atoms with E-state index in [0.717, 1.165) is 21.7 Å². The number of hydrogen-bond donors (Lipinski definition) is 1. The van der Waals surface area contributed by atoms with Crippen LogP contribution in [0.2, 0.25) is 0 Å². The minimum Gasteiger partial charge on any atom is -0.391 e. The first-order valence-electron chi connectivity index (χ1n) is 13.8. The van der Waals surface area contributed by atoms with Gasteiger partial charge in [0.05, 0.1) is 28.2 Å². The number of rotatable bonds is 9. The Hall–Kier alpha value is -3.43. The molecule has 7 nitrogen and oxygen atoms in total. The second-order valence-electron chi connectivity index (χ2n) is 10.9. The van der Waals surface area contributed by atoms with Crippen molar-refractivity contribution in [3.05, 3.63) is 76.2 Å². The molecular weight excluding hydrogens is 529 g/mol. The van der Waals surface area contributed by atoms with Crippen LogP contribution >= 0.6 is 11.3 Å². The first-order valence-corrected chi connectivity index (χ1v) is 14.7. The van der Waals surface area contributed by atoms with Crippen molar-refractivity contribution in [1.82, 2.24) is 14.8 Å². The van der Waals surface area contributed by atoms with Crippen molar-refractivity contribution in [2.75, 3.05) is 6.54 Å². The van der Waals surface area contributed by atoms with Crippen LogP contribution in [-0.4, -0.2) is 62.2 Å². The Bertz CT molecular complexity index is 1420. The van der Waals surface area contributed by atoms with Gasteiger partial charge in [0.15, 0.2) is 5.78 Å². The van der Waals surface area contributed by atoms with Crippen LogP contribution < -0.4 is 0 Å². The van der Waals surface area contributed by atoms with Crippen molar-refractivity contribution >= 4 is 28.9 Å². The number of hydrogen-bond acceptors (Lipinski definition) is 6. The summed E-state index contributed by atoms with van der Waals surface area (Å²) in [5.74, 6) is -1.51. The normalized spacial score (nSPS) is 20.1. The molecule has 2 aromatic carbocycles. The van der Waals surface area contributed by atoms with Gasteiger partial charge in [-0.1, -0.05) is 50.6 Å². The lowest BCUT2D eigenvalue weighted by Crippen LogP contribution is -2.54. The number of benzene rings is 2. The lowest BCUT2D eigenvalue weighted by Gasteiger charge is -2.36. The fourth-order valence-corrected chi connectivity index (χ4v) is 6.61. The first kappa shape index (κ1) is 28.1. The quantitative estimate of drug-likeness (QED) is 0.404. The van der Waals surface area contributed by atoms with Gasteiger partial charge in [-0.05, 0) is 48.1 Å². The molecule has 5 rings (SSSR count). The first-order chi connectivity index (χ1) is 19.2. The van der Waals surface area contributed by atoms with Gasteiger partial charge in [0.1, 0.15) is 11.9 Å². The highest BCUT2D eigenvalue weighted by Gasteiger charge is 2.46. The van der Waals surface area contributed by atoms with Crippen LogP contribution in [0.4, 0.5) is 4.39 Å². The Morgan fingerprint density at radius 2 is 1.95 bits per heavy atom. The van der Waals surface area contributed by atoms with E-state index in [0.29, 0.717) is 18.4 Å². The summed E-state index contributed by atoms with van der Waals surface area (Å²) < 4.78 is 13.9. The number of β-amino-alcohol motifs (C(OH)–C–C–N with tert-alkyl or cyclic N) is 1. The van der Waals surface area contributed by atoms with Crippen LogP contribution in [0.1, 0.15) is 60.3 Å². The molecule has 0 aliphatic carbocycles. The number of aryl methyl sites for hydroxylation is 2. The Morgan fingerprint density at radius 3 is 2.62 bits per heavy atom. The highest BCUT2D eigenvalue weighted by molar-refractivity contribution is 7.13. The van der Waals surface area contributed by atoms with E-state index in [1.54, 1.807) is 17.4 Å². The summed E-state index contributed by atoms with van der Waals surface area (Å²) in [6, 6.07) is 10.6. The molecule has 1 aromatic heterocycles. The lowest BCUT2D eigenvalue weighted by atomic mass is 9.95. The van der Waals surface area contributed by atoms with Gasteiger partial charge >= 0.3 is 0 Å². The number of carbonyl (C=O) groups is 3. The van der Waals surface area contributed by atoms with Crippen molar-refractivity contribution in [2.24, 2.45) is 5.92 Å². The molecule has 2 aliphatic heterocycles. The molecule has 0 saturated carbocycles. The number of nitrogens with zero attached hydrogens (tertiary/aromatic N) is 3. The minimum atomic E-state index is -0.809. The highest BCUT2D eigenvalue weighted by atomic mass is 32.1. The second kappa shape index (κ2) is 11.6. The maximum absolute atomic E-state index is 14.0. The van der Waals surface area contributed by atoms with E-state index in [1.807, 2.05) is 50.5 Å². The van der Waals surface area contributed by atoms with Gasteiger partial charge in [-0.25, -0.2) is 9.37 Å². The molecule has 0 bridgehead atoms. The van der Waals surface area contributed by atoms with E-state index in [1.165, 1.54) is 21.9 Å². The van der Waals surface area contributed by atoms with Crippen LogP contribution in [0.25, 0.3) is 10.4 Å². The van der Waals surface area contributed by atoms with Crippen LogP contribution in [0.5, 0.6) is 0 Å². The smallest absolute Gasteiger partial charge is 0.255 e. The summed E-state index contributed by atoms with van der Waals surface area (Å²) in [6.45, 7) is 6.09. The van der Waals surface area contributed by atoms with E-state index >= 15 is 0 Å². The summed E-state index contributed by atoms with van der Waals surface area (Å²) in [7, 11) is 0. The second-order valence-corrected chi connectivity index (χ2v) is 11.7. The van der Waals surface area contributed by atoms with E-state index in [4.69, 9.17) is 0 Å². The SMILES string of the molecule is CCC(C)[C@@H](C(=O)N1C[C@H](O)C[C@H]1C(=O)CCc1ccc(-c2scnc2C)cc1)N1Cc2ccc(F)cc2C1=O. The maximum atomic E-state index is 14.0. The van der Waals surface area contributed by atoms with Crippen molar-refractivity contribution < 1.29 is 23.9 Å². The number of halogens is 1. The van der Waals surface area contributed by atoms with Gasteiger partial charge in [0, 0.05) is 31.5 Å². The molecule has 4 atom stereocenters. The molecule has 1 N–H and O–H groups in total. The Labute approximate surface area is 237 Å². The molecule has 3 heterocycles. The molecule has 3 aromatic rings. The number of aliphatic hydroxyl groups excluding tert-OH is 1. The maximum Gasteiger partial charge on any atom is 0.255 e. The monoisotopic (exact) mass is 563 g/mol. The molecule has 1 saturated heterocycles. The predicted molar refractivity (Wildman–Crippen MR) is 151 cm³/mol. The summed E-state index contributed by atoms with van der Waals surface area (Å²) in [6.07, 6.45) is 0.771. The molecule has 2 aliphatic rings. The van der Waals surface area contributed by atoms with Crippen molar-refractivity contribution in [1.29, 1.82) is 0 Å². The van der Waals surface area contributed by atoms with Crippen molar-refractivity contribution in [3.8, 4) is 10.4 Å². The van der Waals surface area contributed by atoms with E-state index < -0.39 is 24.0 Å². The molecule has 9 heteroatoms. The van der Waals surface area contributed by atoms with Gasteiger partial charge in [-0.2, -0.15) is 0 Å². The third-order valence-electron chi connectivity index (χ3n) is 8.23. The number of thiazole rings is 1. The van der Waals surface area contributed by atoms with Gasteiger partial charge < -0.3 is 14.9 Å². The van der Waals surface area contributed by atoms with Gasteiger partial charge in [-0.15, -0.1) is 11.3 Å². The number of Topliss-reactive ketones (excluding diaryl/α,β-unsaturated/α-hetero) is 1. The number of fused-ring (bicyclic) bond motifs is 1. The summed E-state index contributed by atoms with van der Waals surface area (Å²) in [4.78, 5) is 49.1. The van der Waals surface area contributed by atoms with Crippen molar-refractivity contribution in [2.45, 2.75) is 71.2 Å². The zero-order valence-corrected chi connectivity index (χ0v) is 23.8. The zero-order valence-electron chi connectivity index (χ0n) is 23.0. The summed E-state index contributed by atoms with van der Waals surface area (Å²) in [5.41, 5.74) is 5.86. The zero-order chi connectivity index (χ0) is 28.6. The highest BCUT2D eigenvalue weighted by Crippen LogP contribution is 2.32. The van der Waals surface area contributed by atoms with Crippen LogP contribution in [0.3, 0.4) is 0 Å². The number of amides is 2. The standard InChI is InChI=1S/C31H34FN3O4S/c1-4-18(2)28(35-15-22-10-11-23(32)13-25(22)30(35)38)31(39)34-16-24(36)14-26(34)27(37)12-7-20-5-8-21(9-6-20)29-19(3)33-17-40-29/h5-6,8-11,13,17-18,24,26,28,36H,4,7,12,14-16H2,1-3H3/t18?,24-,26+,28+/m1/s1. The summed E-state index contributed by atoms with van der Waals surface area (Å²) in [5, 5.41) is 10.5. The largest absolute Gasteiger partial charge is 0.391 e. The number of aliphatic hydroxyl groups is 1. The number of ketones is 1. The molecule has 210 valence electrons. The Balaban J connectivity index is 1.29. The Kier molecular flexibility index (Phi) is 8.14. The molecular formula is C31H34FN3O4S. The molecule has 0 radical (unpaired) electrons. The molecule has 0 spiro atoms. The predicted octanol–water partition coefficient (Wildman–Crippen LogP) is 4.79.